The van der Waals surface area contributed by atoms with Gasteiger partial charge in [0.1, 0.15) is 18.1 Å². The third kappa shape index (κ3) is 4.55. The second kappa shape index (κ2) is 8.74. The first-order chi connectivity index (χ1) is 13.9. The fraction of sp³-hybridized carbons (Fsp3) is 0.0952. The topological polar surface area (TPSA) is 75.7 Å². The Bertz CT molecular complexity index is 1100. The van der Waals surface area contributed by atoms with Gasteiger partial charge in [-0.05, 0) is 36.4 Å². The smallest absolute Gasteiger partial charge is 0.264 e. The van der Waals surface area contributed by atoms with Crippen LogP contribution in [0.2, 0.25) is 0 Å². The van der Waals surface area contributed by atoms with Crippen LogP contribution in [0.4, 0.5) is 15.8 Å². The number of methoxy groups -OCH3 is 1. The van der Waals surface area contributed by atoms with Crippen LogP contribution in [0, 0.1) is 5.82 Å². The lowest BCUT2D eigenvalue weighted by Gasteiger charge is -2.25. The summed E-state index contributed by atoms with van der Waals surface area (Å²) in [5.41, 5.74) is 0.164. The fourth-order valence-corrected chi connectivity index (χ4v) is 4.19. The molecule has 0 aliphatic rings. The molecular formula is C21H19FN2O4S. The first kappa shape index (κ1) is 20.3. The standard InChI is InChI=1S/C21H19FN2O4S/c1-28-20-14-8-7-13-19(20)24(29(26,27)16-9-3-2-4-10-16)15-21(25)23-18-12-6-5-11-17(18)22/h2-14H,15H2,1H3,(H,23,25). The molecule has 0 radical (unpaired) electrons. The number of amides is 1. The molecule has 0 unspecified atom stereocenters. The fourth-order valence-electron chi connectivity index (χ4n) is 2.74. The molecule has 3 aromatic carbocycles. The SMILES string of the molecule is COc1ccccc1N(CC(=O)Nc1ccccc1F)S(=O)(=O)c1ccccc1. The largest absolute Gasteiger partial charge is 0.495 e. The van der Waals surface area contributed by atoms with E-state index in [1.54, 1.807) is 42.5 Å². The van der Waals surface area contributed by atoms with Gasteiger partial charge >= 0.3 is 0 Å². The first-order valence-corrected chi connectivity index (χ1v) is 10.1. The number of benzene rings is 3. The summed E-state index contributed by atoms with van der Waals surface area (Å²) in [5, 5.41) is 2.41. The zero-order valence-electron chi connectivity index (χ0n) is 15.6. The van der Waals surface area contributed by atoms with E-state index in [0.29, 0.717) is 0 Å². The van der Waals surface area contributed by atoms with Crippen molar-refractivity contribution in [2.24, 2.45) is 0 Å². The molecule has 0 bridgehead atoms. The summed E-state index contributed by atoms with van der Waals surface area (Å²) in [6.45, 7) is -0.564. The lowest BCUT2D eigenvalue weighted by molar-refractivity contribution is -0.114. The highest BCUT2D eigenvalue weighted by Crippen LogP contribution is 2.32. The van der Waals surface area contributed by atoms with E-state index >= 15 is 0 Å². The number of halogens is 1. The Balaban J connectivity index is 1.99. The third-order valence-corrected chi connectivity index (χ3v) is 5.89. The Hall–Kier alpha value is -3.39. The minimum absolute atomic E-state index is 0.0181. The predicted octanol–water partition coefficient (Wildman–Crippen LogP) is 3.67. The molecule has 0 fully saturated rings. The van der Waals surface area contributed by atoms with Crippen molar-refractivity contribution >= 4 is 27.3 Å². The molecule has 0 aromatic heterocycles. The maximum Gasteiger partial charge on any atom is 0.264 e. The van der Waals surface area contributed by atoms with E-state index in [4.69, 9.17) is 4.74 Å². The molecule has 3 rings (SSSR count). The van der Waals surface area contributed by atoms with Gasteiger partial charge in [0, 0.05) is 0 Å². The molecule has 0 aliphatic carbocycles. The van der Waals surface area contributed by atoms with E-state index in [0.717, 1.165) is 4.31 Å². The summed E-state index contributed by atoms with van der Waals surface area (Å²) in [5.74, 6) is -1.03. The number of hydrogen-bond acceptors (Lipinski definition) is 4. The molecule has 0 saturated heterocycles. The van der Waals surface area contributed by atoms with Crippen LogP contribution in [0.5, 0.6) is 5.75 Å². The molecule has 1 amide bonds. The molecule has 6 nitrogen and oxygen atoms in total. The maximum absolute atomic E-state index is 13.9. The highest BCUT2D eigenvalue weighted by molar-refractivity contribution is 7.92. The maximum atomic E-state index is 13.9. The Morgan fingerprint density at radius 2 is 1.59 bits per heavy atom. The van der Waals surface area contributed by atoms with Crippen molar-refractivity contribution in [3.8, 4) is 5.75 Å². The molecule has 8 heteroatoms. The van der Waals surface area contributed by atoms with Crippen molar-refractivity contribution in [2.75, 3.05) is 23.3 Å². The third-order valence-electron chi connectivity index (χ3n) is 4.12. The molecule has 29 heavy (non-hydrogen) atoms. The summed E-state index contributed by atoms with van der Waals surface area (Å²) in [6, 6.07) is 19.9. The number of ether oxygens (including phenoxy) is 1. The summed E-state index contributed by atoms with van der Waals surface area (Å²) < 4.78 is 46.6. The number of sulfonamides is 1. The van der Waals surface area contributed by atoms with E-state index < -0.39 is 28.3 Å². The van der Waals surface area contributed by atoms with Gasteiger partial charge in [-0.2, -0.15) is 0 Å². The van der Waals surface area contributed by atoms with Gasteiger partial charge in [-0.15, -0.1) is 0 Å². The number of nitrogens with one attached hydrogen (secondary N) is 1. The minimum atomic E-state index is -4.09. The number of anilines is 2. The van der Waals surface area contributed by atoms with Crippen LogP contribution in [-0.4, -0.2) is 28.0 Å². The van der Waals surface area contributed by atoms with Crippen molar-refractivity contribution in [3.05, 3.63) is 84.7 Å². The van der Waals surface area contributed by atoms with Crippen LogP contribution < -0.4 is 14.4 Å². The van der Waals surface area contributed by atoms with E-state index in [1.165, 1.54) is 43.5 Å². The monoisotopic (exact) mass is 414 g/mol. The number of rotatable bonds is 7. The Morgan fingerprint density at radius 3 is 2.28 bits per heavy atom. The summed E-state index contributed by atoms with van der Waals surface area (Å²) in [6.07, 6.45) is 0. The lowest BCUT2D eigenvalue weighted by atomic mass is 10.3. The Labute approximate surface area is 168 Å². The van der Waals surface area contributed by atoms with Crippen molar-refractivity contribution in [1.29, 1.82) is 0 Å². The van der Waals surface area contributed by atoms with Gasteiger partial charge in [0.25, 0.3) is 10.0 Å². The molecule has 0 atom stereocenters. The van der Waals surface area contributed by atoms with Crippen molar-refractivity contribution < 1.29 is 22.3 Å². The second-order valence-corrected chi connectivity index (χ2v) is 7.89. The second-order valence-electron chi connectivity index (χ2n) is 6.02. The van der Waals surface area contributed by atoms with Crippen LogP contribution in [0.15, 0.2) is 83.8 Å². The number of carbonyl (C=O) groups excluding carboxylic acids is 1. The van der Waals surface area contributed by atoms with Gasteiger partial charge in [0.05, 0.1) is 23.4 Å². The van der Waals surface area contributed by atoms with Crippen LogP contribution in [0.3, 0.4) is 0 Å². The van der Waals surface area contributed by atoms with Crippen molar-refractivity contribution in [3.63, 3.8) is 0 Å². The summed E-state index contributed by atoms with van der Waals surface area (Å²) in [7, 11) is -2.68. The van der Waals surface area contributed by atoms with Crippen LogP contribution in [-0.2, 0) is 14.8 Å². The van der Waals surface area contributed by atoms with E-state index in [9.17, 15) is 17.6 Å². The molecule has 1 N–H and O–H groups in total. The predicted molar refractivity (Wildman–Crippen MR) is 109 cm³/mol. The van der Waals surface area contributed by atoms with Crippen LogP contribution >= 0.6 is 0 Å². The Kier molecular flexibility index (Phi) is 6.13. The zero-order valence-corrected chi connectivity index (χ0v) is 16.4. The van der Waals surface area contributed by atoms with Crippen LogP contribution in [0.1, 0.15) is 0 Å². The van der Waals surface area contributed by atoms with Gasteiger partial charge in [0.2, 0.25) is 5.91 Å². The van der Waals surface area contributed by atoms with Crippen molar-refractivity contribution in [1.82, 2.24) is 0 Å². The van der Waals surface area contributed by atoms with Gasteiger partial charge in [-0.3, -0.25) is 9.10 Å². The van der Waals surface area contributed by atoms with E-state index in [-0.39, 0.29) is 22.0 Å². The van der Waals surface area contributed by atoms with Gasteiger partial charge in [-0.25, -0.2) is 12.8 Å². The Morgan fingerprint density at radius 1 is 0.966 bits per heavy atom. The van der Waals surface area contributed by atoms with Gasteiger partial charge in [-0.1, -0.05) is 42.5 Å². The minimum Gasteiger partial charge on any atom is -0.495 e. The average Bonchev–Trinajstić information content (AvgIpc) is 2.74. The summed E-state index contributed by atoms with van der Waals surface area (Å²) in [4.78, 5) is 12.6. The first-order valence-electron chi connectivity index (χ1n) is 8.68. The highest BCUT2D eigenvalue weighted by atomic mass is 32.2. The molecule has 150 valence electrons. The summed E-state index contributed by atoms with van der Waals surface area (Å²) >= 11 is 0. The molecular weight excluding hydrogens is 395 g/mol. The highest BCUT2D eigenvalue weighted by Gasteiger charge is 2.29. The number of nitrogens with zero attached hydrogens (tertiary/aromatic N) is 1. The number of para-hydroxylation sites is 3. The molecule has 0 saturated carbocycles. The van der Waals surface area contributed by atoms with E-state index in [1.807, 2.05) is 0 Å². The normalized spacial score (nSPS) is 11.0. The average molecular weight is 414 g/mol. The molecule has 3 aromatic rings. The van der Waals surface area contributed by atoms with Gasteiger partial charge in [0.15, 0.2) is 0 Å². The quantitative estimate of drug-likeness (QED) is 0.640. The molecule has 0 spiro atoms. The lowest BCUT2D eigenvalue weighted by Crippen LogP contribution is -2.38. The van der Waals surface area contributed by atoms with E-state index in [2.05, 4.69) is 5.32 Å². The molecule has 0 aliphatic heterocycles. The zero-order chi connectivity index (χ0) is 20.9. The number of carbonyl (C=O) groups is 1. The number of hydrogen-bond donors (Lipinski definition) is 1. The van der Waals surface area contributed by atoms with Gasteiger partial charge < -0.3 is 10.1 Å². The van der Waals surface area contributed by atoms with Crippen molar-refractivity contribution in [2.45, 2.75) is 4.90 Å². The molecule has 0 heterocycles. The van der Waals surface area contributed by atoms with Crippen LogP contribution in [0.25, 0.3) is 0 Å².